The van der Waals surface area contributed by atoms with Crippen LogP contribution in [0.5, 0.6) is 0 Å². The van der Waals surface area contributed by atoms with Crippen molar-refractivity contribution in [1.82, 2.24) is 10.6 Å². The summed E-state index contributed by atoms with van der Waals surface area (Å²) >= 11 is 0. The second-order valence-corrected chi connectivity index (χ2v) is 7.11. The Morgan fingerprint density at radius 3 is 2.14 bits per heavy atom. The van der Waals surface area contributed by atoms with Crippen LogP contribution < -0.4 is 21.7 Å². The second kappa shape index (κ2) is 9.57. The highest BCUT2D eigenvalue weighted by molar-refractivity contribution is 5.89. The molecule has 5 N–H and O–H groups in total. The third-order valence-corrected chi connectivity index (χ3v) is 4.66. The van der Waals surface area contributed by atoms with Gasteiger partial charge in [-0.25, -0.2) is 4.79 Å². The highest BCUT2D eigenvalue weighted by Crippen LogP contribution is 2.20. The normalized spacial score (nSPS) is 15.0. The number of halogens is 1. The van der Waals surface area contributed by atoms with Crippen LogP contribution in [0.3, 0.4) is 0 Å². The molecule has 2 atom stereocenters. The number of hydrogen-bond acceptors (Lipinski definition) is 3. The van der Waals surface area contributed by atoms with Crippen LogP contribution in [0, 0.1) is 6.92 Å². The number of carbonyl (C=O) groups excluding carboxylic acids is 2. The van der Waals surface area contributed by atoms with Gasteiger partial charge in [-0.2, -0.15) is 0 Å². The lowest BCUT2D eigenvalue weighted by Gasteiger charge is -2.18. The molecule has 1 aliphatic carbocycles. The average molecular weight is 403 g/mol. The van der Waals surface area contributed by atoms with E-state index in [4.69, 9.17) is 5.73 Å². The van der Waals surface area contributed by atoms with Gasteiger partial charge in [0.1, 0.15) is 6.04 Å². The van der Waals surface area contributed by atoms with Gasteiger partial charge in [-0.1, -0.05) is 42.0 Å². The minimum atomic E-state index is -0.708. The number of anilines is 1. The maximum absolute atomic E-state index is 12.4. The summed E-state index contributed by atoms with van der Waals surface area (Å²) < 4.78 is 0. The van der Waals surface area contributed by atoms with E-state index in [0.29, 0.717) is 11.7 Å². The molecule has 1 saturated carbocycles. The van der Waals surface area contributed by atoms with E-state index in [0.717, 1.165) is 29.5 Å². The van der Waals surface area contributed by atoms with Gasteiger partial charge in [0.05, 0.1) is 6.04 Å². The third kappa shape index (κ3) is 5.97. The number of aryl methyl sites for hydroxylation is 1. The van der Waals surface area contributed by atoms with Crippen molar-refractivity contribution in [3.8, 4) is 0 Å². The molecule has 2 aromatic rings. The first kappa shape index (κ1) is 21.7. The molecule has 7 heteroatoms. The van der Waals surface area contributed by atoms with Crippen molar-refractivity contribution in [3.63, 3.8) is 0 Å². The smallest absolute Gasteiger partial charge is 0.319 e. The lowest BCUT2D eigenvalue weighted by atomic mass is 10.0. The molecule has 3 amide bonds. The molecule has 3 rings (SSSR count). The lowest BCUT2D eigenvalue weighted by Crippen LogP contribution is -2.35. The summed E-state index contributed by atoms with van der Waals surface area (Å²) in [6.45, 7) is 3.90. The summed E-state index contributed by atoms with van der Waals surface area (Å²) in [5.74, 6) is -0.225. The lowest BCUT2D eigenvalue weighted by molar-refractivity contribution is -0.123. The van der Waals surface area contributed by atoms with Crippen molar-refractivity contribution in [2.75, 3.05) is 5.32 Å². The van der Waals surface area contributed by atoms with Crippen LogP contribution in [-0.4, -0.2) is 18.0 Å². The van der Waals surface area contributed by atoms with E-state index in [1.165, 1.54) is 0 Å². The molecule has 1 fully saturated rings. The molecule has 0 spiro atoms. The quantitative estimate of drug-likeness (QED) is 0.594. The first-order valence-electron chi connectivity index (χ1n) is 9.22. The Hall–Kier alpha value is -2.57. The molecule has 0 saturated heterocycles. The Morgan fingerprint density at radius 1 is 1.00 bits per heavy atom. The molecule has 2 aromatic carbocycles. The van der Waals surface area contributed by atoms with Crippen molar-refractivity contribution in [1.29, 1.82) is 0 Å². The van der Waals surface area contributed by atoms with E-state index >= 15 is 0 Å². The number of urea groups is 1. The van der Waals surface area contributed by atoms with Gasteiger partial charge in [0, 0.05) is 11.7 Å². The van der Waals surface area contributed by atoms with Gasteiger partial charge in [0.2, 0.25) is 5.91 Å². The summed E-state index contributed by atoms with van der Waals surface area (Å²) in [7, 11) is 0. The number of nitrogens with two attached hydrogens (primary N) is 1. The molecular formula is C21H27ClN4O2. The first-order valence-corrected chi connectivity index (χ1v) is 9.22. The SMILES string of the molecule is Cc1ccc(C(N)C(=O)NC(C)c2ccc(NC(=O)NC3CC3)cc2)cc1.Cl. The van der Waals surface area contributed by atoms with Crippen molar-refractivity contribution in [3.05, 3.63) is 65.2 Å². The van der Waals surface area contributed by atoms with E-state index in [-0.39, 0.29) is 30.4 Å². The van der Waals surface area contributed by atoms with Gasteiger partial charge < -0.3 is 21.7 Å². The van der Waals surface area contributed by atoms with Crippen molar-refractivity contribution < 1.29 is 9.59 Å². The van der Waals surface area contributed by atoms with Crippen molar-refractivity contribution in [2.45, 2.75) is 44.8 Å². The van der Waals surface area contributed by atoms with Gasteiger partial charge in [-0.05, 0) is 49.9 Å². The van der Waals surface area contributed by atoms with Crippen LogP contribution in [0.15, 0.2) is 48.5 Å². The topological polar surface area (TPSA) is 96.2 Å². The molecule has 0 aromatic heterocycles. The third-order valence-electron chi connectivity index (χ3n) is 4.66. The molecule has 6 nitrogen and oxygen atoms in total. The van der Waals surface area contributed by atoms with Crippen LogP contribution in [0.25, 0.3) is 0 Å². The summed E-state index contributed by atoms with van der Waals surface area (Å²) in [5, 5.41) is 8.62. The minimum absolute atomic E-state index is 0. The van der Waals surface area contributed by atoms with Crippen LogP contribution >= 0.6 is 12.4 Å². The summed E-state index contributed by atoms with van der Waals surface area (Å²) in [6, 6.07) is 14.3. The Kier molecular flexibility index (Phi) is 7.43. The minimum Gasteiger partial charge on any atom is -0.348 e. The predicted molar refractivity (Wildman–Crippen MR) is 114 cm³/mol. The molecule has 0 heterocycles. The first-order chi connectivity index (χ1) is 12.9. The van der Waals surface area contributed by atoms with Gasteiger partial charge in [-0.3, -0.25) is 4.79 Å². The van der Waals surface area contributed by atoms with E-state index in [9.17, 15) is 9.59 Å². The van der Waals surface area contributed by atoms with Crippen LogP contribution in [0.1, 0.15) is 48.5 Å². The van der Waals surface area contributed by atoms with Crippen molar-refractivity contribution >= 4 is 30.0 Å². The fraction of sp³-hybridized carbons (Fsp3) is 0.333. The molecular weight excluding hydrogens is 376 g/mol. The van der Waals surface area contributed by atoms with E-state index in [1.54, 1.807) is 0 Å². The number of rotatable bonds is 6. The fourth-order valence-corrected chi connectivity index (χ4v) is 2.75. The van der Waals surface area contributed by atoms with Crippen molar-refractivity contribution in [2.24, 2.45) is 5.73 Å². The zero-order valence-electron chi connectivity index (χ0n) is 16.1. The van der Waals surface area contributed by atoms with Crippen LogP contribution in [0.2, 0.25) is 0 Å². The Balaban J connectivity index is 0.00000280. The molecule has 0 aliphatic heterocycles. The highest BCUT2D eigenvalue weighted by Gasteiger charge is 2.23. The largest absolute Gasteiger partial charge is 0.348 e. The Labute approximate surface area is 171 Å². The predicted octanol–water partition coefficient (Wildman–Crippen LogP) is 3.58. The van der Waals surface area contributed by atoms with Crippen LogP contribution in [-0.2, 0) is 4.79 Å². The monoisotopic (exact) mass is 402 g/mol. The summed E-state index contributed by atoms with van der Waals surface area (Å²) in [5.41, 5.74) is 9.63. The van der Waals surface area contributed by atoms with Crippen LogP contribution in [0.4, 0.5) is 10.5 Å². The Bertz CT molecular complexity index is 804. The maximum Gasteiger partial charge on any atom is 0.319 e. The standard InChI is InChI=1S/C21H26N4O2.ClH/c1-13-3-5-16(6-4-13)19(22)20(26)23-14(2)15-7-9-17(10-8-15)24-21(27)25-18-11-12-18;/h3-10,14,18-19H,11-12,22H2,1-2H3,(H,23,26)(H2,24,25,27);1H. The van der Waals surface area contributed by atoms with E-state index in [1.807, 2.05) is 62.4 Å². The number of carbonyl (C=O) groups is 2. The molecule has 2 unspecified atom stereocenters. The number of nitrogens with one attached hydrogen (secondary N) is 3. The van der Waals surface area contributed by atoms with Gasteiger partial charge >= 0.3 is 6.03 Å². The zero-order chi connectivity index (χ0) is 19.4. The average Bonchev–Trinajstić information content (AvgIpc) is 3.46. The number of hydrogen-bond donors (Lipinski definition) is 4. The second-order valence-electron chi connectivity index (χ2n) is 7.11. The van der Waals surface area contributed by atoms with Gasteiger partial charge in [-0.15, -0.1) is 12.4 Å². The molecule has 0 bridgehead atoms. The molecule has 0 radical (unpaired) electrons. The molecule has 150 valence electrons. The maximum atomic E-state index is 12.4. The summed E-state index contributed by atoms with van der Waals surface area (Å²) in [4.78, 5) is 24.2. The molecule has 28 heavy (non-hydrogen) atoms. The molecule has 1 aliphatic rings. The number of benzene rings is 2. The van der Waals surface area contributed by atoms with Gasteiger partial charge in [0.25, 0.3) is 0 Å². The summed E-state index contributed by atoms with van der Waals surface area (Å²) in [6.07, 6.45) is 2.10. The fourth-order valence-electron chi connectivity index (χ4n) is 2.75. The van der Waals surface area contributed by atoms with E-state index in [2.05, 4.69) is 16.0 Å². The zero-order valence-corrected chi connectivity index (χ0v) is 16.9. The Morgan fingerprint density at radius 2 is 1.57 bits per heavy atom. The van der Waals surface area contributed by atoms with E-state index < -0.39 is 6.04 Å². The van der Waals surface area contributed by atoms with Gasteiger partial charge in [0.15, 0.2) is 0 Å². The highest BCUT2D eigenvalue weighted by atomic mass is 35.5. The number of amides is 3.